The molecule has 3 atom stereocenters. The van der Waals surface area contributed by atoms with E-state index in [4.69, 9.17) is 4.74 Å². The molecule has 0 aromatic heterocycles. The summed E-state index contributed by atoms with van der Waals surface area (Å²) in [7, 11) is -3.68. The highest BCUT2D eigenvalue weighted by Gasteiger charge is 2.41. The third-order valence-electron chi connectivity index (χ3n) is 7.63. The van der Waals surface area contributed by atoms with Gasteiger partial charge in [0, 0.05) is 36.9 Å². The molecule has 0 bridgehead atoms. The minimum Gasteiger partial charge on any atom is -0.480 e. The molecule has 2 heterocycles. The van der Waals surface area contributed by atoms with E-state index in [2.05, 4.69) is 5.32 Å². The zero-order valence-electron chi connectivity index (χ0n) is 20.8. The normalized spacial score (nSPS) is 24.8. The number of rotatable bonds is 8. The van der Waals surface area contributed by atoms with Crippen molar-refractivity contribution in [2.24, 2.45) is 0 Å². The van der Waals surface area contributed by atoms with Crippen LogP contribution in [0.3, 0.4) is 0 Å². The standard InChI is InChI=1S/C27H35FN2O5S/c1-3-24(26(31)32)29-27(13-15-35-16-14-27)22-11-10-21(23(28)17-22)18-30-19(2)9-12-25(36(30,33)34)20-7-5-4-6-8-20/h4-8,10-11,17,19,24-25,29H,3,9,12-16,18H2,1-2H3,(H,31,32)/t19-,24?,25+/m0/s1. The predicted octanol–water partition coefficient (Wildman–Crippen LogP) is 4.34. The van der Waals surface area contributed by atoms with Gasteiger partial charge in [-0.1, -0.05) is 49.4 Å². The Kier molecular flexibility index (Phi) is 8.14. The van der Waals surface area contributed by atoms with Crippen LogP contribution in [0.4, 0.5) is 4.39 Å². The van der Waals surface area contributed by atoms with Gasteiger partial charge in [-0.05, 0) is 56.2 Å². The second-order valence-electron chi connectivity index (χ2n) is 9.86. The summed E-state index contributed by atoms with van der Waals surface area (Å²) < 4.78 is 49.5. The molecule has 2 aliphatic rings. The summed E-state index contributed by atoms with van der Waals surface area (Å²) in [6.45, 7) is 4.50. The fourth-order valence-corrected chi connectivity index (χ4v) is 7.59. The lowest BCUT2D eigenvalue weighted by Crippen LogP contribution is -2.53. The molecule has 2 N–H and O–H groups in total. The number of aliphatic carboxylic acids is 1. The molecule has 0 spiro atoms. The summed E-state index contributed by atoms with van der Waals surface area (Å²) in [4.78, 5) is 11.7. The Morgan fingerprint density at radius 3 is 2.50 bits per heavy atom. The monoisotopic (exact) mass is 518 g/mol. The predicted molar refractivity (Wildman–Crippen MR) is 135 cm³/mol. The molecule has 1 unspecified atom stereocenters. The first kappa shape index (κ1) is 26.7. The zero-order chi connectivity index (χ0) is 25.9. The summed E-state index contributed by atoms with van der Waals surface area (Å²) in [5.41, 5.74) is 0.986. The number of carbonyl (C=O) groups is 1. The van der Waals surface area contributed by atoms with Crippen LogP contribution in [0, 0.1) is 5.82 Å². The maximum atomic E-state index is 15.5. The number of hydrogen-bond donors (Lipinski definition) is 2. The lowest BCUT2D eigenvalue weighted by Gasteiger charge is -2.41. The van der Waals surface area contributed by atoms with Gasteiger partial charge < -0.3 is 9.84 Å². The minimum atomic E-state index is -3.68. The molecule has 0 radical (unpaired) electrons. The van der Waals surface area contributed by atoms with Gasteiger partial charge in [0.25, 0.3) is 0 Å². The fourth-order valence-electron chi connectivity index (χ4n) is 5.40. The molecule has 196 valence electrons. The Morgan fingerprint density at radius 1 is 1.19 bits per heavy atom. The van der Waals surface area contributed by atoms with E-state index in [-0.39, 0.29) is 12.6 Å². The molecule has 2 aliphatic heterocycles. The summed E-state index contributed by atoms with van der Waals surface area (Å²) in [6.07, 6.45) is 2.66. The molecule has 7 nitrogen and oxygen atoms in total. The van der Waals surface area contributed by atoms with Crippen molar-refractivity contribution in [3.63, 3.8) is 0 Å². The smallest absolute Gasteiger partial charge is 0.320 e. The first-order valence-corrected chi connectivity index (χ1v) is 14.1. The van der Waals surface area contributed by atoms with E-state index in [1.54, 1.807) is 19.1 Å². The van der Waals surface area contributed by atoms with Gasteiger partial charge in [0.15, 0.2) is 0 Å². The maximum absolute atomic E-state index is 15.5. The van der Waals surface area contributed by atoms with Crippen molar-refractivity contribution in [1.82, 2.24) is 9.62 Å². The van der Waals surface area contributed by atoms with Gasteiger partial charge in [-0.15, -0.1) is 0 Å². The highest BCUT2D eigenvalue weighted by atomic mass is 32.2. The Morgan fingerprint density at radius 2 is 1.89 bits per heavy atom. The van der Waals surface area contributed by atoms with Crippen molar-refractivity contribution < 1.29 is 27.4 Å². The van der Waals surface area contributed by atoms with Crippen LogP contribution in [0.2, 0.25) is 0 Å². The summed E-state index contributed by atoms with van der Waals surface area (Å²) in [5, 5.41) is 12.2. The second-order valence-corrected chi connectivity index (χ2v) is 11.9. The van der Waals surface area contributed by atoms with Crippen LogP contribution in [0.25, 0.3) is 0 Å². The Bertz CT molecular complexity index is 1170. The molecule has 0 amide bonds. The molecule has 0 saturated carbocycles. The number of carboxylic acid groups (broad SMARTS) is 1. The van der Waals surface area contributed by atoms with Crippen molar-refractivity contribution in [3.8, 4) is 0 Å². The summed E-state index contributed by atoms with van der Waals surface area (Å²) in [6, 6.07) is 13.0. The number of hydrogen-bond acceptors (Lipinski definition) is 5. The van der Waals surface area contributed by atoms with E-state index in [0.717, 1.165) is 5.56 Å². The van der Waals surface area contributed by atoms with Crippen LogP contribution in [0.1, 0.15) is 67.9 Å². The molecule has 2 aromatic rings. The fraction of sp³-hybridized carbons (Fsp3) is 0.519. The zero-order valence-corrected chi connectivity index (χ0v) is 21.6. The van der Waals surface area contributed by atoms with E-state index < -0.39 is 38.6 Å². The van der Waals surface area contributed by atoms with Gasteiger partial charge in [0.2, 0.25) is 10.0 Å². The first-order valence-electron chi connectivity index (χ1n) is 12.6. The van der Waals surface area contributed by atoms with Gasteiger partial charge in [0.05, 0.1) is 0 Å². The number of benzene rings is 2. The van der Waals surface area contributed by atoms with E-state index in [1.165, 1.54) is 10.4 Å². The van der Waals surface area contributed by atoms with Gasteiger partial charge in [0.1, 0.15) is 17.1 Å². The van der Waals surface area contributed by atoms with Crippen LogP contribution in [0.5, 0.6) is 0 Å². The number of nitrogens with zero attached hydrogens (tertiary/aromatic N) is 1. The molecule has 2 aromatic carbocycles. The molecular formula is C27H35FN2O5S. The summed E-state index contributed by atoms with van der Waals surface area (Å²) >= 11 is 0. The van der Waals surface area contributed by atoms with E-state index in [9.17, 15) is 18.3 Å². The minimum absolute atomic E-state index is 0.0464. The van der Waals surface area contributed by atoms with E-state index in [1.807, 2.05) is 37.3 Å². The third kappa shape index (κ3) is 5.34. The van der Waals surface area contributed by atoms with Crippen molar-refractivity contribution in [2.75, 3.05) is 13.2 Å². The number of halogens is 1. The Hall–Kier alpha value is -2.33. The topological polar surface area (TPSA) is 95.9 Å². The first-order chi connectivity index (χ1) is 17.2. The van der Waals surface area contributed by atoms with Crippen molar-refractivity contribution in [2.45, 2.75) is 75.4 Å². The second kappa shape index (κ2) is 11.0. The summed E-state index contributed by atoms with van der Waals surface area (Å²) in [5.74, 6) is -1.44. The SMILES string of the molecule is CCC(NC1(c2ccc(CN3[C@@H](C)CC[C@H](c4ccccc4)S3(=O)=O)c(F)c2)CCOCC1)C(=O)O. The average molecular weight is 519 g/mol. The largest absolute Gasteiger partial charge is 0.480 e. The number of nitrogens with one attached hydrogen (secondary N) is 1. The van der Waals surface area contributed by atoms with Crippen LogP contribution in [-0.4, -0.2) is 49.1 Å². The molecule has 36 heavy (non-hydrogen) atoms. The van der Waals surface area contributed by atoms with Crippen molar-refractivity contribution in [3.05, 3.63) is 71.0 Å². The van der Waals surface area contributed by atoms with Gasteiger partial charge in [-0.25, -0.2) is 12.8 Å². The molecule has 2 saturated heterocycles. The lowest BCUT2D eigenvalue weighted by molar-refractivity contribution is -0.140. The van der Waals surface area contributed by atoms with E-state index in [0.29, 0.717) is 56.4 Å². The van der Waals surface area contributed by atoms with Gasteiger partial charge in [-0.2, -0.15) is 4.31 Å². The number of sulfonamides is 1. The average Bonchev–Trinajstić information content (AvgIpc) is 2.86. The van der Waals surface area contributed by atoms with Crippen LogP contribution < -0.4 is 5.32 Å². The molecule has 9 heteroatoms. The Labute approximate surface area is 212 Å². The van der Waals surface area contributed by atoms with Crippen molar-refractivity contribution in [1.29, 1.82) is 0 Å². The van der Waals surface area contributed by atoms with Crippen LogP contribution >= 0.6 is 0 Å². The molecule has 0 aliphatic carbocycles. The molecule has 4 rings (SSSR count). The molecular weight excluding hydrogens is 483 g/mol. The van der Waals surface area contributed by atoms with Crippen LogP contribution in [0.15, 0.2) is 48.5 Å². The van der Waals surface area contributed by atoms with E-state index >= 15 is 4.39 Å². The highest BCUT2D eigenvalue weighted by molar-refractivity contribution is 7.89. The van der Waals surface area contributed by atoms with Gasteiger partial charge >= 0.3 is 5.97 Å². The lowest BCUT2D eigenvalue weighted by atomic mass is 9.81. The highest BCUT2D eigenvalue weighted by Crippen LogP contribution is 2.39. The molecule has 2 fully saturated rings. The van der Waals surface area contributed by atoms with Crippen molar-refractivity contribution >= 4 is 16.0 Å². The van der Waals surface area contributed by atoms with Crippen LogP contribution in [-0.2, 0) is 31.6 Å². The maximum Gasteiger partial charge on any atom is 0.320 e. The number of ether oxygens (including phenoxy) is 1. The Balaban J connectivity index is 1.61. The third-order valence-corrected chi connectivity index (χ3v) is 10.0. The van der Waals surface area contributed by atoms with Gasteiger partial charge in [-0.3, -0.25) is 10.1 Å². The number of carboxylic acids is 1. The quantitative estimate of drug-likeness (QED) is 0.540.